The molecule has 0 aliphatic heterocycles. The van der Waals surface area contributed by atoms with Crippen molar-refractivity contribution in [2.24, 2.45) is 0 Å². The van der Waals surface area contributed by atoms with Crippen LogP contribution in [0.1, 0.15) is 33.4 Å². The van der Waals surface area contributed by atoms with E-state index >= 15 is 0 Å². The van der Waals surface area contributed by atoms with E-state index in [1.54, 1.807) is 0 Å². The van der Waals surface area contributed by atoms with Gasteiger partial charge < -0.3 is 9.05 Å². The zero-order valence-corrected chi connectivity index (χ0v) is 17.1. The maximum Gasteiger partial charge on any atom is 0.434 e. The zero-order valence-electron chi connectivity index (χ0n) is 15.4. The Hall–Kier alpha value is -1.35. The van der Waals surface area contributed by atoms with Crippen molar-refractivity contribution in [3.05, 3.63) is 57.6 Å². The lowest BCUT2D eigenvalue weighted by Gasteiger charge is -2.24. The van der Waals surface area contributed by atoms with Crippen LogP contribution in [0.25, 0.3) is 0 Å². The summed E-state index contributed by atoms with van der Waals surface area (Å²) in [5.74, 6) is 1.44. The van der Waals surface area contributed by atoms with Crippen LogP contribution in [0.2, 0.25) is 0 Å². The third kappa shape index (κ3) is 4.18. The number of hydrogen-bond donors (Lipinski definition) is 0. The van der Waals surface area contributed by atoms with Crippen molar-refractivity contribution in [2.45, 2.75) is 41.5 Å². The lowest BCUT2D eigenvalue weighted by atomic mass is 10.1. The summed E-state index contributed by atoms with van der Waals surface area (Å²) in [5.41, 5.74) is 6.65. The molecule has 2 aromatic rings. The molecule has 0 atom stereocenters. The van der Waals surface area contributed by atoms with Crippen LogP contribution in [0.5, 0.6) is 11.5 Å². The lowest BCUT2D eigenvalue weighted by Crippen LogP contribution is -2.05. The monoisotopic (exact) mass is 364 g/mol. The predicted molar refractivity (Wildman–Crippen MR) is 104 cm³/mol. The van der Waals surface area contributed by atoms with Gasteiger partial charge in [0.25, 0.3) is 0 Å². The van der Waals surface area contributed by atoms with Crippen LogP contribution in [0.4, 0.5) is 0 Å². The van der Waals surface area contributed by atoms with Gasteiger partial charge in [-0.3, -0.25) is 4.52 Å². The first-order chi connectivity index (χ1) is 11.1. The van der Waals surface area contributed by atoms with E-state index in [2.05, 4.69) is 26.0 Å². The molecule has 0 aliphatic rings. The average Bonchev–Trinajstić information content (AvgIpc) is 2.49. The molecular weight excluding hydrogens is 339 g/mol. The summed E-state index contributed by atoms with van der Waals surface area (Å²) in [6.07, 6.45) is 0. The second kappa shape index (κ2) is 7.26. The fourth-order valence-corrected chi connectivity index (χ4v) is 4.05. The molecule has 0 unspecified atom stereocenters. The van der Waals surface area contributed by atoms with Gasteiger partial charge in [-0.25, -0.2) is 0 Å². The van der Waals surface area contributed by atoms with Crippen molar-refractivity contribution < 1.29 is 13.6 Å². The highest BCUT2D eigenvalue weighted by molar-refractivity contribution is 8.07. The minimum atomic E-state index is -2.94. The maximum absolute atomic E-state index is 6.06. The van der Waals surface area contributed by atoms with Gasteiger partial charge in [-0.2, -0.15) is 0 Å². The van der Waals surface area contributed by atoms with Crippen molar-refractivity contribution in [1.82, 2.24) is 0 Å². The highest BCUT2D eigenvalue weighted by atomic mass is 32.5. The van der Waals surface area contributed by atoms with Gasteiger partial charge >= 0.3 is 6.72 Å². The van der Waals surface area contributed by atoms with E-state index in [0.717, 1.165) is 44.9 Å². The molecule has 0 saturated carbocycles. The van der Waals surface area contributed by atoms with E-state index in [1.807, 2.05) is 39.8 Å². The Morgan fingerprint density at radius 2 is 1.08 bits per heavy atom. The molecule has 130 valence electrons. The highest BCUT2D eigenvalue weighted by Gasteiger charge is 2.25. The number of hydrogen-bond acceptors (Lipinski definition) is 4. The summed E-state index contributed by atoms with van der Waals surface area (Å²) in [6, 6.07) is 8.18. The van der Waals surface area contributed by atoms with Crippen molar-refractivity contribution in [2.75, 3.05) is 7.11 Å². The van der Waals surface area contributed by atoms with Crippen molar-refractivity contribution in [1.29, 1.82) is 0 Å². The first kappa shape index (κ1) is 19.0. The molecule has 5 heteroatoms. The van der Waals surface area contributed by atoms with Gasteiger partial charge in [0.15, 0.2) is 0 Å². The first-order valence-corrected chi connectivity index (χ1v) is 10.4. The van der Waals surface area contributed by atoms with Gasteiger partial charge in [0.05, 0.1) is 0 Å². The molecule has 3 nitrogen and oxygen atoms in total. The summed E-state index contributed by atoms with van der Waals surface area (Å²) in [6.45, 7) is 9.26. The van der Waals surface area contributed by atoms with Gasteiger partial charge in [-0.1, -0.05) is 12.1 Å². The van der Waals surface area contributed by atoms with Gasteiger partial charge in [-0.05, 0) is 87.1 Å². The molecule has 24 heavy (non-hydrogen) atoms. The second-order valence-electron chi connectivity index (χ2n) is 6.22. The first-order valence-electron chi connectivity index (χ1n) is 7.86. The van der Waals surface area contributed by atoms with E-state index in [0.29, 0.717) is 0 Å². The molecular formula is C19H25O3PS. The van der Waals surface area contributed by atoms with Gasteiger partial charge in [0.1, 0.15) is 11.5 Å². The third-order valence-electron chi connectivity index (χ3n) is 4.17. The van der Waals surface area contributed by atoms with Crippen molar-refractivity contribution >= 4 is 18.5 Å². The molecule has 0 bridgehead atoms. The van der Waals surface area contributed by atoms with Crippen LogP contribution in [-0.2, 0) is 16.3 Å². The number of rotatable bonds is 5. The second-order valence-corrected chi connectivity index (χ2v) is 9.19. The fourth-order valence-electron chi connectivity index (χ4n) is 2.53. The lowest BCUT2D eigenvalue weighted by molar-refractivity contribution is 0.318. The van der Waals surface area contributed by atoms with E-state index in [-0.39, 0.29) is 0 Å². The van der Waals surface area contributed by atoms with E-state index in [1.165, 1.54) is 7.11 Å². The number of aryl methyl sites for hydroxylation is 4. The van der Waals surface area contributed by atoms with Crippen LogP contribution >= 0.6 is 6.72 Å². The van der Waals surface area contributed by atoms with Gasteiger partial charge in [-0.15, -0.1) is 0 Å². The molecule has 0 heterocycles. The molecule has 0 aliphatic carbocycles. The van der Waals surface area contributed by atoms with Gasteiger partial charge in [0.2, 0.25) is 0 Å². The molecule has 2 rings (SSSR count). The summed E-state index contributed by atoms with van der Waals surface area (Å²) in [7, 11) is 1.54. The minimum absolute atomic E-state index is 0.722. The number of benzene rings is 2. The van der Waals surface area contributed by atoms with Crippen LogP contribution in [0.15, 0.2) is 24.3 Å². The topological polar surface area (TPSA) is 27.7 Å². The van der Waals surface area contributed by atoms with Crippen LogP contribution in [-0.4, -0.2) is 7.11 Å². The summed E-state index contributed by atoms with van der Waals surface area (Å²) < 4.78 is 17.6. The van der Waals surface area contributed by atoms with Crippen LogP contribution in [0.3, 0.4) is 0 Å². The molecule has 2 aromatic carbocycles. The summed E-state index contributed by atoms with van der Waals surface area (Å²) in [4.78, 5) is 0. The zero-order chi connectivity index (χ0) is 18.1. The summed E-state index contributed by atoms with van der Waals surface area (Å²) >= 11 is 5.60. The predicted octanol–water partition coefficient (Wildman–Crippen LogP) is 5.87. The SMILES string of the molecule is COP(=S)(Oc1cc(C)cc(C)c1C)Oc1cc(C)cc(C)c1C. The van der Waals surface area contributed by atoms with Crippen LogP contribution < -0.4 is 9.05 Å². The smallest absolute Gasteiger partial charge is 0.415 e. The quantitative estimate of drug-likeness (QED) is 0.621. The Labute approximate surface area is 150 Å². The maximum atomic E-state index is 6.06. The van der Waals surface area contributed by atoms with E-state index < -0.39 is 6.72 Å². The fraction of sp³-hybridized carbons (Fsp3) is 0.368. The standard InChI is InChI=1S/C19H25O3PS/c1-12-8-14(3)16(5)18(10-12)21-23(24,20-7)22-19-11-13(2)9-15(4)17(19)6/h8-11H,1-7H3. The molecule has 0 spiro atoms. The Morgan fingerprint density at radius 1 is 0.708 bits per heavy atom. The van der Waals surface area contributed by atoms with E-state index in [9.17, 15) is 0 Å². The molecule has 0 amide bonds. The van der Waals surface area contributed by atoms with Gasteiger partial charge in [0, 0.05) is 18.9 Å². The normalized spacial score (nSPS) is 11.5. The third-order valence-corrected chi connectivity index (χ3v) is 6.35. The molecule has 0 N–H and O–H groups in total. The molecule has 0 saturated heterocycles. The Morgan fingerprint density at radius 3 is 1.42 bits per heavy atom. The average molecular weight is 364 g/mol. The minimum Gasteiger partial charge on any atom is -0.415 e. The summed E-state index contributed by atoms with van der Waals surface area (Å²) in [5, 5.41) is 0. The van der Waals surface area contributed by atoms with Crippen molar-refractivity contribution in [3.8, 4) is 11.5 Å². The largest absolute Gasteiger partial charge is 0.434 e. The van der Waals surface area contributed by atoms with E-state index in [4.69, 9.17) is 25.4 Å². The van der Waals surface area contributed by atoms with Crippen LogP contribution in [0, 0.1) is 41.5 Å². The molecule has 0 aromatic heterocycles. The Bertz CT molecular complexity index is 751. The van der Waals surface area contributed by atoms with Crippen molar-refractivity contribution in [3.63, 3.8) is 0 Å². The Kier molecular flexibility index (Phi) is 5.74. The molecule has 0 fully saturated rings. The molecule has 0 radical (unpaired) electrons. The Balaban J connectivity index is 2.39. The highest BCUT2D eigenvalue weighted by Crippen LogP contribution is 2.51.